The van der Waals surface area contributed by atoms with Crippen LogP contribution in [0.15, 0.2) is 230 Å². The van der Waals surface area contributed by atoms with Crippen LogP contribution in [0.3, 0.4) is 0 Å². The minimum atomic E-state index is -0.569. The number of benzene rings is 9. The Hall–Kier alpha value is -8.80. The fraction of sp³-hybridized carbons (Fsp3) is 0.118. The summed E-state index contributed by atoms with van der Waals surface area (Å²) in [4.78, 5) is 5.24. The molecule has 9 aromatic carbocycles. The maximum atomic E-state index is 9.09. The number of hydrogen-bond acceptors (Lipinski definition) is 2. The molecule has 0 unspecified atom stereocenters. The van der Waals surface area contributed by atoms with E-state index in [-0.39, 0.29) is 33.4 Å². The second kappa shape index (κ2) is 18.7. The number of rotatable bonds is 11. The molecule has 0 fully saturated rings. The van der Waals surface area contributed by atoms with Crippen molar-refractivity contribution in [3.63, 3.8) is 0 Å². The highest BCUT2D eigenvalue weighted by Gasteiger charge is 2.22. The molecule has 5 nitrogen and oxygen atoms in total. The van der Waals surface area contributed by atoms with E-state index in [4.69, 9.17) is 23.4 Å². The topological polar surface area (TPSA) is 35.9 Å². The molecule has 0 saturated carbocycles. The van der Waals surface area contributed by atoms with E-state index < -0.39 is 60.4 Å². The number of hydrogen-bond donors (Lipinski definition) is 0. The van der Waals surface area contributed by atoms with Gasteiger partial charge >= 0.3 is 0 Å². The van der Waals surface area contributed by atoms with Gasteiger partial charge in [0.05, 0.1) is 47.1 Å². The van der Waals surface area contributed by atoms with Crippen LogP contribution in [-0.2, 0) is 11.8 Å². The van der Waals surface area contributed by atoms with Crippen LogP contribution in [0.1, 0.15) is 59.5 Å². The largest absolute Gasteiger partial charge is 0.458 e. The standard InChI is InChI=1S/C68H56N4O/c1-46(2)39-52-41-66(69-44-61(52)50-31-34-53(35-32-50)68(3,4)5)72-62-38-33-51(47-19-9-6-10-20-47)40-60(62)59-37-36-56(43-65(59)72)73-55-26-17-25-54(42-55)70-45-71(64-30-16-15-29-63(64)70)67-57(48-21-11-7-12-22-48)27-18-28-58(67)49-23-13-8-14-24-49/h6-38,40-44,46H,39H2,1-5H3/i7D,8D,11D,12D,13D,14D,21D,22D,23D,24D. The zero-order chi connectivity index (χ0) is 58.3. The summed E-state index contributed by atoms with van der Waals surface area (Å²) in [6, 6.07) is 48.6. The summed E-state index contributed by atoms with van der Waals surface area (Å²) >= 11 is 0. The molecule has 354 valence electrons. The normalized spacial score (nSPS) is 13.7. The predicted molar refractivity (Wildman–Crippen MR) is 301 cm³/mol. The Balaban J connectivity index is 1.00. The van der Waals surface area contributed by atoms with Gasteiger partial charge in [0.25, 0.3) is 6.33 Å². The van der Waals surface area contributed by atoms with Crippen molar-refractivity contribution in [3.05, 3.63) is 248 Å². The van der Waals surface area contributed by atoms with E-state index >= 15 is 0 Å². The van der Waals surface area contributed by atoms with Crippen LogP contribution in [0.5, 0.6) is 11.5 Å². The molecule has 3 aromatic heterocycles. The van der Waals surface area contributed by atoms with Gasteiger partial charge in [0.15, 0.2) is 0 Å². The SMILES string of the molecule is [2H]c1c([2H])c([2H])c(-c2cccc(-c3c([2H])c([2H])c([2H])c([2H])c3[2H])c2-[n+]2[c-]n(-c3cccc(Oc4ccc5c6cc(-c7ccccc7)ccc6n(-c6cc(CC(C)C)c(-c7ccc(C(C)(C)C)cc7)cn6)c5c4)c3)c3ccccc32)c([2H])c1[2H]. The van der Waals surface area contributed by atoms with Crippen LogP contribution in [0.25, 0.3) is 94.5 Å². The summed E-state index contributed by atoms with van der Waals surface area (Å²) in [5.74, 6) is 2.25. The number of ether oxygens (including phenoxy) is 1. The summed E-state index contributed by atoms with van der Waals surface area (Å²) in [5.41, 5.74) is 10.9. The first-order chi connectivity index (χ1) is 39.8. The number of para-hydroxylation sites is 3. The highest BCUT2D eigenvalue weighted by molar-refractivity contribution is 6.10. The molecule has 0 saturated heterocycles. The lowest BCUT2D eigenvalue weighted by atomic mass is 9.86. The van der Waals surface area contributed by atoms with E-state index in [1.807, 2.05) is 79.0 Å². The Morgan fingerprint density at radius 1 is 0.562 bits per heavy atom. The molecule has 3 heterocycles. The molecule has 0 aliphatic rings. The first kappa shape index (κ1) is 35.3. The van der Waals surface area contributed by atoms with Gasteiger partial charge in [-0.15, -0.1) is 0 Å². The zero-order valence-electron chi connectivity index (χ0n) is 51.1. The molecule has 0 amide bonds. The Kier molecular flexibility index (Phi) is 9.07. The average Bonchev–Trinajstić information content (AvgIpc) is 2.10. The number of fused-ring (bicyclic) bond motifs is 4. The number of aromatic nitrogens is 4. The Morgan fingerprint density at radius 3 is 1.95 bits per heavy atom. The third kappa shape index (κ3) is 8.67. The van der Waals surface area contributed by atoms with E-state index in [1.54, 1.807) is 27.3 Å². The van der Waals surface area contributed by atoms with Gasteiger partial charge in [-0.1, -0.05) is 204 Å². The highest BCUT2D eigenvalue weighted by Crippen LogP contribution is 2.40. The lowest BCUT2D eigenvalue weighted by molar-refractivity contribution is -0.571. The quantitative estimate of drug-likeness (QED) is 0.0957. The highest BCUT2D eigenvalue weighted by atomic mass is 16.5. The minimum Gasteiger partial charge on any atom is -0.458 e. The van der Waals surface area contributed by atoms with Crippen molar-refractivity contribution in [2.24, 2.45) is 5.92 Å². The summed E-state index contributed by atoms with van der Waals surface area (Å²) < 4.78 is 100. The van der Waals surface area contributed by atoms with Gasteiger partial charge in [-0.25, -0.2) is 4.98 Å². The first-order valence-electron chi connectivity index (χ1n) is 29.5. The van der Waals surface area contributed by atoms with Crippen molar-refractivity contribution in [2.75, 3.05) is 0 Å². The first-order valence-corrected chi connectivity index (χ1v) is 24.5. The number of pyridine rings is 1. The second-order valence-corrected chi connectivity index (χ2v) is 19.8. The van der Waals surface area contributed by atoms with E-state index in [1.165, 1.54) is 11.1 Å². The maximum Gasteiger partial charge on any atom is 0.269 e. The summed E-state index contributed by atoms with van der Waals surface area (Å²) in [6.45, 7) is 11.2. The van der Waals surface area contributed by atoms with Crippen molar-refractivity contribution in [1.82, 2.24) is 14.1 Å². The molecule has 73 heavy (non-hydrogen) atoms. The third-order valence-electron chi connectivity index (χ3n) is 13.4. The monoisotopic (exact) mass is 955 g/mol. The van der Waals surface area contributed by atoms with Crippen molar-refractivity contribution < 1.29 is 23.0 Å². The van der Waals surface area contributed by atoms with Crippen LogP contribution < -0.4 is 9.30 Å². The van der Waals surface area contributed by atoms with Gasteiger partial charge in [-0.3, -0.25) is 13.7 Å². The van der Waals surface area contributed by atoms with E-state index in [2.05, 4.69) is 118 Å². The lowest BCUT2D eigenvalue weighted by Crippen LogP contribution is -2.31. The van der Waals surface area contributed by atoms with Gasteiger partial charge in [0.1, 0.15) is 17.3 Å². The van der Waals surface area contributed by atoms with Crippen LogP contribution in [-0.4, -0.2) is 14.1 Å². The van der Waals surface area contributed by atoms with Crippen LogP contribution in [0.2, 0.25) is 0 Å². The van der Waals surface area contributed by atoms with Gasteiger partial charge < -0.3 is 4.74 Å². The summed E-state index contributed by atoms with van der Waals surface area (Å²) in [5, 5.41) is 2.09. The molecule has 0 N–H and O–H groups in total. The Bertz CT molecular complexity index is 4440. The lowest BCUT2D eigenvalue weighted by Gasteiger charge is -2.20. The van der Waals surface area contributed by atoms with E-state index in [9.17, 15) is 0 Å². The molecule has 5 heteroatoms. The number of imidazole rings is 1. The van der Waals surface area contributed by atoms with Gasteiger partial charge in [-0.2, -0.15) is 0 Å². The molecule has 0 spiro atoms. The van der Waals surface area contributed by atoms with Crippen molar-refractivity contribution >= 4 is 32.8 Å². The molecule has 0 aliphatic carbocycles. The van der Waals surface area contributed by atoms with E-state index in [0.29, 0.717) is 34.1 Å². The average molecular weight is 955 g/mol. The molecule has 12 rings (SSSR count). The van der Waals surface area contributed by atoms with Gasteiger partial charge in [-0.05, 0) is 116 Å². The second-order valence-electron chi connectivity index (χ2n) is 19.8. The van der Waals surface area contributed by atoms with Crippen LogP contribution in [0.4, 0.5) is 0 Å². The summed E-state index contributed by atoms with van der Waals surface area (Å²) in [7, 11) is 0. The van der Waals surface area contributed by atoms with Gasteiger partial charge in [0, 0.05) is 28.6 Å². The number of nitrogens with zero attached hydrogens (tertiary/aromatic N) is 4. The molecule has 0 bridgehead atoms. The maximum absolute atomic E-state index is 9.09. The zero-order valence-corrected chi connectivity index (χ0v) is 41.1. The predicted octanol–water partition coefficient (Wildman–Crippen LogP) is 17.2. The van der Waals surface area contributed by atoms with E-state index in [0.717, 1.165) is 56.3 Å². The van der Waals surface area contributed by atoms with Crippen LogP contribution >= 0.6 is 0 Å². The Labute approximate surface area is 442 Å². The van der Waals surface area contributed by atoms with Crippen molar-refractivity contribution in [2.45, 2.75) is 46.5 Å². The van der Waals surface area contributed by atoms with Crippen molar-refractivity contribution in [3.8, 4) is 73.2 Å². The molecule has 0 radical (unpaired) electrons. The smallest absolute Gasteiger partial charge is 0.269 e. The Morgan fingerprint density at radius 2 is 1.23 bits per heavy atom. The molecular weight excluding hydrogens is 889 g/mol. The molecule has 0 aliphatic heterocycles. The third-order valence-corrected chi connectivity index (χ3v) is 13.4. The molecular formula is C68H56N4O. The minimum absolute atomic E-state index is 0.0253. The molecule has 12 aromatic rings. The molecule has 0 atom stereocenters. The summed E-state index contributed by atoms with van der Waals surface area (Å²) in [6.07, 6.45) is 6.34. The van der Waals surface area contributed by atoms with Gasteiger partial charge in [0.2, 0.25) is 0 Å². The van der Waals surface area contributed by atoms with Crippen LogP contribution in [0, 0.1) is 12.2 Å². The van der Waals surface area contributed by atoms with Crippen molar-refractivity contribution in [1.29, 1.82) is 0 Å². The fourth-order valence-corrected chi connectivity index (χ4v) is 9.94. The fourth-order valence-electron chi connectivity index (χ4n) is 9.94.